The van der Waals surface area contributed by atoms with Crippen LogP contribution < -0.4 is 21.7 Å². The lowest BCUT2D eigenvalue weighted by Crippen LogP contribution is -2.59. The van der Waals surface area contributed by atoms with Gasteiger partial charge in [-0.1, -0.05) is 20.3 Å². The minimum absolute atomic E-state index is 0.0393. The van der Waals surface area contributed by atoms with Gasteiger partial charge >= 0.3 is 11.9 Å². The molecule has 0 aliphatic heterocycles. The van der Waals surface area contributed by atoms with Gasteiger partial charge in [0.05, 0.1) is 18.8 Å². The van der Waals surface area contributed by atoms with Crippen LogP contribution in [0.5, 0.6) is 0 Å². The zero-order valence-corrected chi connectivity index (χ0v) is 19.2. The van der Waals surface area contributed by atoms with Crippen molar-refractivity contribution >= 4 is 42.3 Å². The number of imidazole rings is 1. The fourth-order valence-corrected chi connectivity index (χ4v) is 2.94. The quantitative estimate of drug-likeness (QED) is 0.140. The van der Waals surface area contributed by atoms with Gasteiger partial charge < -0.3 is 36.9 Å². The number of nitrogens with one attached hydrogen (secondary N) is 4. The maximum atomic E-state index is 12.9. The van der Waals surface area contributed by atoms with Crippen LogP contribution in [0.15, 0.2) is 12.5 Å². The lowest BCUT2D eigenvalue weighted by Gasteiger charge is -2.27. The first-order chi connectivity index (χ1) is 15.5. The molecular weight excluding hydrogens is 456 g/mol. The average molecular weight is 487 g/mol. The van der Waals surface area contributed by atoms with Crippen LogP contribution in [0.25, 0.3) is 0 Å². The molecule has 0 bridgehead atoms. The summed E-state index contributed by atoms with van der Waals surface area (Å²) in [6, 6.07) is -5.05. The van der Waals surface area contributed by atoms with E-state index in [1.54, 1.807) is 13.8 Å². The maximum Gasteiger partial charge on any atom is 0.326 e. The van der Waals surface area contributed by atoms with E-state index >= 15 is 0 Å². The summed E-state index contributed by atoms with van der Waals surface area (Å²) < 4.78 is 0. The van der Waals surface area contributed by atoms with Crippen LogP contribution in [0, 0.1) is 5.92 Å². The van der Waals surface area contributed by atoms with E-state index in [-0.39, 0.29) is 18.1 Å². The van der Waals surface area contributed by atoms with Crippen LogP contribution in [-0.2, 0) is 30.4 Å². The molecule has 1 rings (SSSR count). The van der Waals surface area contributed by atoms with Crippen molar-refractivity contribution in [3.63, 3.8) is 0 Å². The lowest BCUT2D eigenvalue weighted by atomic mass is 9.97. The number of hydrogen-bond donors (Lipinski definition) is 8. The molecule has 1 aromatic heterocycles. The number of amides is 3. The van der Waals surface area contributed by atoms with Gasteiger partial charge in [0.25, 0.3) is 0 Å². The highest BCUT2D eigenvalue weighted by Gasteiger charge is 2.33. The van der Waals surface area contributed by atoms with E-state index in [1.165, 1.54) is 12.5 Å². The number of nitrogens with two attached hydrogens (primary N) is 1. The Labute approximate surface area is 195 Å². The molecule has 0 spiro atoms. The number of thiol groups is 1. The molecule has 3 amide bonds. The Balaban J connectivity index is 3.00. The van der Waals surface area contributed by atoms with E-state index in [0.29, 0.717) is 12.1 Å². The van der Waals surface area contributed by atoms with Crippen LogP contribution in [0.2, 0.25) is 0 Å². The van der Waals surface area contributed by atoms with E-state index in [2.05, 4.69) is 38.5 Å². The fourth-order valence-electron chi connectivity index (χ4n) is 2.78. The van der Waals surface area contributed by atoms with Crippen LogP contribution in [-0.4, -0.2) is 79.8 Å². The number of rotatable bonds is 14. The summed E-state index contributed by atoms with van der Waals surface area (Å²) in [4.78, 5) is 67.1. The lowest BCUT2D eigenvalue weighted by molar-refractivity contribution is -0.143. The Bertz CT molecular complexity index is 835. The number of hydrogen-bond acceptors (Lipinski definition) is 8. The smallest absolute Gasteiger partial charge is 0.326 e. The van der Waals surface area contributed by atoms with Gasteiger partial charge in [-0.25, -0.2) is 9.78 Å². The number of carbonyl (C=O) groups is 5. The third kappa shape index (κ3) is 9.10. The van der Waals surface area contributed by atoms with Crippen molar-refractivity contribution in [2.24, 2.45) is 11.7 Å². The molecule has 0 aliphatic carbocycles. The van der Waals surface area contributed by atoms with Crippen molar-refractivity contribution in [1.82, 2.24) is 25.9 Å². The van der Waals surface area contributed by atoms with Gasteiger partial charge in [0.15, 0.2) is 0 Å². The van der Waals surface area contributed by atoms with Crippen molar-refractivity contribution in [3.8, 4) is 0 Å². The molecule has 1 heterocycles. The van der Waals surface area contributed by atoms with Crippen molar-refractivity contribution in [2.45, 2.75) is 57.3 Å². The molecule has 0 aliphatic rings. The number of carboxylic acids is 2. The van der Waals surface area contributed by atoms with E-state index in [9.17, 15) is 34.2 Å². The third-order valence-electron chi connectivity index (χ3n) is 4.93. The van der Waals surface area contributed by atoms with Crippen molar-refractivity contribution in [1.29, 1.82) is 0 Å². The highest BCUT2D eigenvalue weighted by atomic mass is 32.1. The molecule has 0 saturated carbocycles. The first-order valence-electron chi connectivity index (χ1n) is 10.2. The minimum Gasteiger partial charge on any atom is -0.481 e. The molecule has 0 fully saturated rings. The monoisotopic (exact) mass is 486 g/mol. The summed E-state index contributed by atoms with van der Waals surface area (Å²) in [6.07, 6.45) is 2.27. The number of nitrogens with zero attached hydrogens (tertiary/aromatic N) is 1. The second kappa shape index (κ2) is 13.4. The summed E-state index contributed by atoms with van der Waals surface area (Å²) in [7, 11) is 0. The van der Waals surface area contributed by atoms with Gasteiger partial charge in [-0.3, -0.25) is 19.2 Å². The summed E-state index contributed by atoms with van der Waals surface area (Å²) in [5.74, 6) is -5.51. The average Bonchev–Trinajstić information content (AvgIpc) is 3.27. The predicted octanol–water partition coefficient (Wildman–Crippen LogP) is -1.73. The molecule has 14 heteroatoms. The minimum atomic E-state index is -1.58. The van der Waals surface area contributed by atoms with Gasteiger partial charge in [-0.15, -0.1) is 0 Å². The number of aromatic amines is 1. The summed E-state index contributed by atoms with van der Waals surface area (Å²) in [5, 5.41) is 25.6. The van der Waals surface area contributed by atoms with Crippen LogP contribution in [0.1, 0.15) is 32.4 Å². The Kier molecular flexibility index (Phi) is 11.4. The zero-order chi connectivity index (χ0) is 25.1. The van der Waals surface area contributed by atoms with Gasteiger partial charge in [0, 0.05) is 24.1 Å². The highest BCUT2D eigenvalue weighted by molar-refractivity contribution is 7.80. The molecule has 13 nitrogen and oxygen atoms in total. The SMILES string of the molecule is CCC(C)C(NC(=O)C(N)CS)C(=O)NC(CC(=O)O)C(=O)NC(Cc1cnc[nH]1)C(=O)O. The third-order valence-corrected chi connectivity index (χ3v) is 5.33. The van der Waals surface area contributed by atoms with Crippen LogP contribution in [0.4, 0.5) is 0 Å². The highest BCUT2D eigenvalue weighted by Crippen LogP contribution is 2.10. The number of carboxylic acid groups (broad SMARTS) is 2. The maximum absolute atomic E-state index is 12.9. The predicted molar refractivity (Wildman–Crippen MR) is 119 cm³/mol. The van der Waals surface area contributed by atoms with Crippen molar-refractivity contribution in [3.05, 3.63) is 18.2 Å². The van der Waals surface area contributed by atoms with Gasteiger partial charge in [-0.2, -0.15) is 12.6 Å². The standard InChI is InChI=1S/C19H30N6O7S/c1-3-9(2)15(25-16(28)11(20)7-33)18(30)23-12(5-14(26)27)17(29)24-13(19(31)32)4-10-6-21-8-22-10/h6,8-9,11-13,15,33H,3-5,7,20H2,1-2H3,(H,21,22)(H,23,30)(H,24,29)(H,25,28)(H,26,27)(H,31,32). The number of aliphatic carboxylic acids is 2. The van der Waals surface area contributed by atoms with Gasteiger partial charge in [0.1, 0.15) is 18.1 Å². The fraction of sp³-hybridized carbons (Fsp3) is 0.579. The first-order valence-corrected chi connectivity index (χ1v) is 10.8. The Morgan fingerprint density at radius 1 is 1.09 bits per heavy atom. The van der Waals surface area contributed by atoms with Crippen LogP contribution in [0.3, 0.4) is 0 Å². The molecule has 0 aromatic carbocycles. The normalized spacial score (nSPS) is 15.4. The van der Waals surface area contributed by atoms with E-state index < -0.39 is 60.2 Å². The van der Waals surface area contributed by atoms with E-state index in [0.717, 1.165) is 0 Å². The zero-order valence-electron chi connectivity index (χ0n) is 18.3. The van der Waals surface area contributed by atoms with Crippen molar-refractivity contribution < 1.29 is 34.2 Å². The first kappa shape index (κ1) is 27.9. The number of carbonyl (C=O) groups excluding carboxylic acids is 3. The Morgan fingerprint density at radius 3 is 2.21 bits per heavy atom. The Morgan fingerprint density at radius 2 is 1.73 bits per heavy atom. The van der Waals surface area contributed by atoms with E-state index in [1.807, 2.05) is 0 Å². The summed E-state index contributed by atoms with van der Waals surface area (Å²) >= 11 is 3.94. The topological polar surface area (TPSA) is 217 Å². The Hall–Kier alpha value is -3.13. The molecule has 0 radical (unpaired) electrons. The molecule has 5 atom stereocenters. The second-order valence-electron chi connectivity index (χ2n) is 7.50. The van der Waals surface area contributed by atoms with Gasteiger partial charge in [-0.05, 0) is 5.92 Å². The summed E-state index contributed by atoms with van der Waals surface area (Å²) in [6.45, 7) is 3.47. The molecule has 33 heavy (non-hydrogen) atoms. The molecule has 5 unspecified atom stereocenters. The number of aromatic nitrogens is 2. The molecule has 8 N–H and O–H groups in total. The molecule has 0 saturated heterocycles. The van der Waals surface area contributed by atoms with Gasteiger partial charge in [0.2, 0.25) is 17.7 Å². The molecule has 184 valence electrons. The van der Waals surface area contributed by atoms with Crippen molar-refractivity contribution in [2.75, 3.05) is 5.75 Å². The second-order valence-corrected chi connectivity index (χ2v) is 7.87. The summed E-state index contributed by atoms with van der Waals surface area (Å²) in [5.41, 5.74) is 6.07. The molecule has 1 aromatic rings. The molecular formula is C19H30N6O7S. The van der Waals surface area contributed by atoms with Crippen LogP contribution >= 0.6 is 12.6 Å². The largest absolute Gasteiger partial charge is 0.481 e. The number of H-pyrrole nitrogens is 1. The van der Waals surface area contributed by atoms with E-state index in [4.69, 9.17) is 5.73 Å².